The van der Waals surface area contributed by atoms with Crippen molar-refractivity contribution in [3.63, 3.8) is 0 Å². The highest BCUT2D eigenvalue weighted by atomic mass is 32.2. The van der Waals surface area contributed by atoms with Crippen molar-refractivity contribution in [2.24, 2.45) is 0 Å². The van der Waals surface area contributed by atoms with E-state index in [0.29, 0.717) is 6.54 Å². The van der Waals surface area contributed by atoms with E-state index < -0.39 is 12.0 Å². The Kier molecular flexibility index (Phi) is 6.26. The van der Waals surface area contributed by atoms with Crippen molar-refractivity contribution in [1.82, 2.24) is 10.6 Å². The van der Waals surface area contributed by atoms with Gasteiger partial charge < -0.3 is 15.7 Å². The molecule has 2 amide bonds. The number of thioether (sulfide) groups is 1. The molecule has 0 rings (SSSR count). The van der Waals surface area contributed by atoms with Crippen LogP contribution in [0.1, 0.15) is 0 Å². The molecule has 0 atom stereocenters. The van der Waals surface area contributed by atoms with Gasteiger partial charge in [-0.2, -0.15) is 11.8 Å². The molecule has 0 bridgehead atoms. The second-order valence-electron chi connectivity index (χ2n) is 2.00. The minimum absolute atomic E-state index is 0.342. The van der Waals surface area contributed by atoms with Crippen molar-refractivity contribution < 1.29 is 14.7 Å². The molecule has 0 saturated heterocycles. The number of carboxylic acids is 1. The van der Waals surface area contributed by atoms with E-state index in [-0.39, 0.29) is 6.54 Å². The molecule has 0 aliphatic carbocycles. The van der Waals surface area contributed by atoms with Gasteiger partial charge in [0, 0.05) is 12.3 Å². The summed E-state index contributed by atoms with van der Waals surface area (Å²) in [5, 5.41) is 12.9. The molecule has 6 heteroatoms. The van der Waals surface area contributed by atoms with E-state index in [1.807, 2.05) is 6.26 Å². The van der Waals surface area contributed by atoms with Gasteiger partial charge in [0.1, 0.15) is 6.54 Å². The Bertz CT molecular complexity index is 163. The maximum atomic E-state index is 10.7. The number of nitrogens with one attached hydrogen (secondary N) is 2. The molecule has 3 N–H and O–H groups in total. The molecule has 0 aromatic rings. The van der Waals surface area contributed by atoms with E-state index in [1.54, 1.807) is 11.8 Å². The van der Waals surface area contributed by atoms with Crippen LogP contribution in [0.5, 0.6) is 0 Å². The van der Waals surface area contributed by atoms with Crippen molar-refractivity contribution in [2.75, 3.05) is 25.1 Å². The normalized spacial score (nSPS) is 9.08. The maximum absolute atomic E-state index is 10.7. The molecule has 0 radical (unpaired) electrons. The summed E-state index contributed by atoms with van der Waals surface area (Å²) in [5.74, 6) is -0.226. The Morgan fingerprint density at radius 3 is 2.58 bits per heavy atom. The van der Waals surface area contributed by atoms with Gasteiger partial charge in [-0.3, -0.25) is 4.79 Å². The minimum Gasteiger partial charge on any atom is -0.480 e. The predicted octanol–water partition coefficient (Wildman–Crippen LogP) is -0.267. The Morgan fingerprint density at radius 1 is 1.42 bits per heavy atom. The molecular formula is C6H12N2O3S. The maximum Gasteiger partial charge on any atom is 0.323 e. The van der Waals surface area contributed by atoms with Gasteiger partial charge >= 0.3 is 12.0 Å². The largest absolute Gasteiger partial charge is 0.480 e. The monoisotopic (exact) mass is 192 g/mol. The van der Waals surface area contributed by atoms with E-state index in [0.717, 1.165) is 5.75 Å². The zero-order valence-electron chi connectivity index (χ0n) is 6.79. The smallest absolute Gasteiger partial charge is 0.323 e. The second kappa shape index (κ2) is 6.78. The molecule has 70 valence electrons. The third-order valence-electron chi connectivity index (χ3n) is 0.992. The first-order valence-electron chi connectivity index (χ1n) is 3.39. The molecule has 0 aromatic carbocycles. The number of hydrogen-bond acceptors (Lipinski definition) is 3. The number of rotatable bonds is 5. The fourth-order valence-electron chi connectivity index (χ4n) is 0.485. The third-order valence-corrected chi connectivity index (χ3v) is 1.60. The van der Waals surface area contributed by atoms with Gasteiger partial charge in [0.2, 0.25) is 0 Å². The second-order valence-corrected chi connectivity index (χ2v) is 2.98. The minimum atomic E-state index is -1.05. The molecule has 12 heavy (non-hydrogen) atoms. The van der Waals surface area contributed by atoms with Crippen molar-refractivity contribution in [3.8, 4) is 0 Å². The molecule has 0 saturated carbocycles. The number of carboxylic acid groups (broad SMARTS) is 1. The van der Waals surface area contributed by atoms with Crippen molar-refractivity contribution in [2.45, 2.75) is 0 Å². The Balaban J connectivity index is 3.28. The van der Waals surface area contributed by atoms with Crippen LogP contribution in [0.2, 0.25) is 0 Å². The van der Waals surface area contributed by atoms with Crippen LogP contribution in [0, 0.1) is 0 Å². The Labute approximate surface area is 74.9 Å². The average Bonchev–Trinajstić information content (AvgIpc) is 2.01. The van der Waals surface area contributed by atoms with Crippen LogP contribution in [0.25, 0.3) is 0 Å². The van der Waals surface area contributed by atoms with Gasteiger partial charge in [-0.1, -0.05) is 0 Å². The van der Waals surface area contributed by atoms with Crippen LogP contribution in [-0.4, -0.2) is 42.2 Å². The van der Waals surface area contributed by atoms with E-state index in [1.165, 1.54) is 0 Å². The lowest BCUT2D eigenvalue weighted by Gasteiger charge is -2.03. The zero-order chi connectivity index (χ0) is 9.40. The fraction of sp³-hybridized carbons (Fsp3) is 0.667. The van der Waals surface area contributed by atoms with E-state index in [4.69, 9.17) is 5.11 Å². The summed E-state index contributed by atoms with van der Waals surface area (Å²) in [5.41, 5.74) is 0. The van der Waals surface area contributed by atoms with Crippen molar-refractivity contribution in [3.05, 3.63) is 0 Å². The predicted molar refractivity (Wildman–Crippen MR) is 47.4 cm³/mol. The highest BCUT2D eigenvalue weighted by Crippen LogP contribution is 1.86. The summed E-state index contributed by atoms with van der Waals surface area (Å²) in [6, 6.07) is -0.438. The van der Waals surface area contributed by atoms with E-state index in [9.17, 15) is 9.59 Å². The van der Waals surface area contributed by atoms with Crippen LogP contribution in [0.3, 0.4) is 0 Å². The number of urea groups is 1. The van der Waals surface area contributed by atoms with Gasteiger partial charge in [-0.25, -0.2) is 4.79 Å². The van der Waals surface area contributed by atoms with E-state index >= 15 is 0 Å². The summed E-state index contributed by atoms with van der Waals surface area (Å²) < 4.78 is 0. The summed E-state index contributed by atoms with van der Waals surface area (Å²) in [4.78, 5) is 20.7. The molecule has 0 spiro atoms. The van der Waals surface area contributed by atoms with Gasteiger partial charge in [0.15, 0.2) is 0 Å². The highest BCUT2D eigenvalue weighted by Gasteiger charge is 2.00. The number of carbonyl (C=O) groups excluding carboxylic acids is 1. The van der Waals surface area contributed by atoms with Gasteiger partial charge in [0.25, 0.3) is 0 Å². The molecule has 0 fully saturated rings. The lowest BCUT2D eigenvalue weighted by molar-refractivity contribution is -0.135. The Hall–Kier alpha value is -0.910. The highest BCUT2D eigenvalue weighted by molar-refractivity contribution is 7.98. The molecule has 5 nitrogen and oxygen atoms in total. The number of carbonyl (C=O) groups is 2. The standard InChI is InChI=1S/C6H12N2O3S/c1-12-3-2-7-6(11)8-4-5(9)10/h2-4H2,1H3,(H,9,10)(H2,7,8,11). The first kappa shape index (κ1) is 11.1. The van der Waals surface area contributed by atoms with E-state index in [2.05, 4.69) is 10.6 Å². The lowest BCUT2D eigenvalue weighted by atomic mass is 10.6. The molecule has 0 heterocycles. The molecule has 0 aliphatic heterocycles. The van der Waals surface area contributed by atoms with Crippen molar-refractivity contribution >= 4 is 23.8 Å². The number of hydrogen-bond donors (Lipinski definition) is 3. The van der Waals surface area contributed by atoms with Crippen LogP contribution in [0.15, 0.2) is 0 Å². The number of aliphatic carboxylic acids is 1. The first-order valence-corrected chi connectivity index (χ1v) is 4.78. The molecular weight excluding hydrogens is 180 g/mol. The van der Waals surface area contributed by atoms with Crippen LogP contribution < -0.4 is 10.6 Å². The molecule has 0 aromatic heterocycles. The van der Waals surface area contributed by atoms with Crippen LogP contribution >= 0.6 is 11.8 Å². The topological polar surface area (TPSA) is 78.4 Å². The third kappa shape index (κ3) is 7.20. The molecule has 0 unspecified atom stereocenters. The average molecular weight is 192 g/mol. The summed E-state index contributed by atoms with van der Waals surface area (Å²) >= 11 is 1.61. The van der Waals surface area contributed by atoms with Crippen LogP contribution in [0.4, 0.5) is 4.79 Å². The van der Waals surface area contributed by atoms with Gasteiger partial charge in [0.05, 0.1) is 0 Å². The SMILES string of the molecule is CSCCNC(=O)NCC(=O)O. The van der Waals surface area contributed by atoms with Crippen LogP contribution in [-0.2, 0) is 4.79 Å². The van der Waals surface area contributed by atoms with Gasteiger partial charge in [-0.15, -0.1) is 0 Å². The zero-order valence-corrected chi connectivity index (χ0v) is 7.61. The Morgan fingerprint density at radius 2 is 2.08 bits per heavy atom. The van der Waals surface area contributed by atoms with Crippen molar-refractivity contribution in [1.29, 1.82) is 0 Å². The lowest BCUT2D eigenvalue weighted by Crippen LogP contribution is -2.39. The number of amides is 2. The quantitative estimate of drug-likeness (QED) is 0.524. The summed E-state index contributed by atoms with van der Waals surface area (Å²) in [7, 11) is 0. The first-order chi connectivity index (χ1) is 5.66. The summed E-state index contributed by atoms with van der Waals surface area (Å²) in [6.45, 7) is 0.206. The summed E-state index contributed by atoms with van der Waals surface area (Å²) in [6.07, 6.45) is 1.93. The molecule has 0 aliphatic rings. The fourth-order valence-corrected chi connectivity index (χ4v) is 0.791. The van der Waals surface area contributed by atoms with Gasteiger partial charge in [-0.05, 0) is 6.26 Å².